The Kier molecular flexibility index (Phi) is 20.7. The van der Waals surface area contributed by atoms with Gasteiger partial charge in [-0.15, -0.1) is 0 Å². The first-order valence-electron chi connectivity index (χ1n) is 26.1. The van der Waals surface area contributed by atoms with E-state index in [0.29, 0.717) is 19.4 Å². The van der Waals surface area contributed by atoms with Crippen molar-refractivity contribution in [2.75, 3.05) is 32.7 Å². The van der Waals surface area contributed by atoms with Crippen molar-refractivity contribution in [2.24, 2.45) is 23.2 Å². The summed E-state index contributed by atoms with van der Waals surface area (Å²) in [7, 11) is -13.8. The third-order valence-corrected chi connectivity index (χ3v) is 27.4. The van der Waals surface area contributed by atoms with Crippen LogP contribution in [0.5, 0.6) is 0 Å². The van der Waals surface area contributed by atoms with Gasteiger partial charge in [0.25, 0.3) is 0 Å². The smallest absolute Gasteiger partial charge is 0.417 e. The number of phosphoric ester groups is 1. The van der Waals surface area contributed by atoms with Gasteiger partial charge < -0.3 is 32.5 Å². The lowest BCUT2D eigenvalue weighted by atomic mass is 9.72. The van der Waals surface area contributed by atoms with Gasteiger partial charge in [0, 0.05) is 65.9 Å². The van der Waals surface area contributed by atoms with Crippen molar-refractivity contribution in [3.63, 3.8) is 0 Å². The monoisotopic (exact) mass is 1090 g/mol. The van der Waals surface area contributed by atoms with Crippen LogP contribution in [0.1, 0.15) is 88.5 Å². The molecular weight excluding hydrogens is 996 g/mol. The molecule has 1 spiro atoms. The predicted molar refractivity (Wildman–Crippen MR) is 293 cm³/mol. The second kappa shape index (κ2) is 23.2. The third kappa shape index (κ3) is 16.7. The Morgan fingerprint density at radius 2 is 1.34 bits per heavy atom. The molecule has 0 aromatic heterocycles. The van der Waals surface area contributed by atoms with E-state index in [1.807, 2.05) is 33.8 Å². The summed E-state index contributed by atoms with van der Waals surface area (Å²) in [5, 5.41) is -0.122. The normalized spacial score (nSPS) is 30.1. The van der Waals surface area contributed by atoms with Crippen molar-refractivity contribution < 1.29 is 59.1 Å². The summed E-state index contributed by atoms with van der Waals surface area (Å²) in [6, 6.07) is 10.1. The summed E-state index contributed by atoms with van der Waals surface area (Å²) >= 11 is 0. The molecule has 0 unspecified atom stereocenters. The van der Waals surface area contributed by atoms with E-state index in [1.165, 1.54) is 0 Å². The zero-order valence-corrected chi connectivity index (χ0v) is 53.4. The SMILES string of the molecule is CO[C@@H](C[C@@H]1OC(C)(C)O[C@H]([C@H](C)CO[Si](C)(C)C)[C@H]1C)[C@H]1O[C@]2(C[C@@H](O[Si](C)(C)C(C)(C)C)[C@H](C)[C@H](CCS(=O)(=O)c3ccccc3)O2)C(C)(C)[C@H]1OP(=O)(OCC[Si](C)(C)C)OCC[Si](C)(C)C. The highest BCUT2D eigenvalue weighted by atomic mass is 32.2. The summed E-state index contributed by atoms with van der Waals surface area (Å²) < 4.78 is 112. The van der Waals surface area contributed by atoms with Crippen molar-refractivity contribution in [3.05, 3.63) is 30.3 Å². The molecule has 3 saturated heterocycles. The van der Waals surface area contributed by atoms with E-state index in [1.54, 1.807) is 31.4 Å². The molecule has 13 nitrogen and oxygen atoms in total. The molecule has 0 N–H and O–H groups in total. The highest BCUT2D eigenvalue weighted by Crippen LogP contribution is 2.62. The number of hydrogen-bond donors (Lipinski definition) is 0. The molecule has 0 bridgehead atoms. The fraction of sp³-hybridized carbons (Fsp3) is 0.882. The van der Waals surface area contributed by atoms with Gasteiger partial charge in [-0.25, -0.2) is 13.0 Å². The zero-order chi connectivity index (χ0) is 53.3. The second-order valence-corrected chi connectivity index (χ2v) is 51.0. The molecular formula is C51H99O13PSSi4. The number of sulfone groups is 1. The molecule has 0 radical (unpaired) electrons. The van der Waals surface area contributed by atoms with Gasteiger partial charge in [0.15, 0.2) is 38.0 Å². The third-order valence-electron chi connectivity index (χ3n) is 15.2. The minimum Gasteiger partial charge on any atom is -0.417 e. The standard InChI is InChI=1S/C51H99O13PSSi4/c1-37(36-58-69(18,19)20)45-39(3)42(59-50(9,10)61-45)34-43(55-11)46-47(63-65(52,56-29-32-67(12,13)14)57-30-33-68(15,16)17)49(7,8)51(62-46)35-44(64-70(21,22)48(4,5)6)38(2)41(60-51)28-31-66(53,54)40-26-24-23-25-27-40/h23-27,37-39,41-47H,28-36H2,1-22H3/t37-,38-,39+,41+,42+,43+,44-,45-,46-,47+,51-/m1/s1. The summed E-state index contributed by atoms with van der Waals surface area (Å²) in [6.07, 6.45) is -3.11. The first-order chi connectivity index (χ1) is 31.7. The van der Waals surface area contributed by atoms with E-state index >= 15 is 4.57 Å². The first-order valence-corrected chi connectivity index (χ1v) is 42.9. The van der Waals surface area contributed by atoms with Crippen LogP contribution >= 0.6 is 7.82 Å². The highest BCUT2D eigenvalue weighted by molar-refractivity contribution is 7.91. The Bertz CT molecular complexity index is 1960. The summed E-state index contributed by atoms with van der Waals surface area (Å²) in [6.45, 7) is 46.6. The average Bonchev–Trinajstić information content (AvgIpc) is 3.39. The van der Waals surface area contributed by atoms with E-state index in [-0.39, 0.29) is 71.4 Å². The average molecular weight is 1100 g/mol. The molecule has 11 atom stereocenters. The minimum atomic E-state index is -4.28. The molecule has 0 aliphatic carbocycles. The fourth-order valence-corrected chi connectivity index (χ4v) is 16.2. The highest BCUT2D eigenvalue weighted by Gasteiger charge is 2.69. The number of hydrogen-bond acceptors (Lipinski definition) is 13. The van der Waals surface area contributed by atoms with Crippen molar-refractivity contribution in [1.29, 1.82) is 0 Å². The second-order valence-electron chi connectivity index (χ2n) is 26.8. The molecule has 3 aliphatic rings. The summed E-state index contributed by atoms with van der Waals surface area (Å²) in [4.78, 5) is 0.267. The largest absolute Gasteiger partial charge is 0.475 e. The van der Waals surface area contributed by atoms with E-state index in [0.717, 1.165) is 12.1 Å². The maximum Gasteiger partial charge on any atom is 0.475 e. The zero-order valence-electron chi connectivity index (χ0n) is 47.7. The van der Waals surface area contributed by atoms with E-state index in [9.17, 15) is 8.42 Å². The fourth-order valence-electron chi connectivity index (χ4n) is 9.43. The van der Waals surface area contributed by atoms with Gasteiger partial charge in [0.2, 0.25) is 0 Å². The molecule has 70 heavy (non-hydrogen) atoms. The van der Waals surface area contributed by atoms with Crippen molar-refractivity contribution in [1.82, 2.24) is 0 Å². The number of rotatable bonds is 24. The molecule has 4 rings (SSSR count). The quantitative estimate of drug-likeness (QED) is 0.0716. The maximum absolute atomic E-state index is 15.5. The molecule has 408 valence electrons. The Hall–Kier alpha value is -0.132. The molecule has 19 heteroatoms. The van der Waals surface area contributed by atoms with E-state index < -0.39 is 91.8 Å². The van der Waals surface area contributed by atoms with E-state index in [2.05, 4.69) is 114 Å². The minimum absolute atomic E-state index is 0.0698. The number of phosphoric acid groups is 1. The van der Waals surface area contributed by atoms with Crippen LogP contribution in [0.2, 0.25) is 89.1 Å². The lowest BCUT2D eigenvalue weighted by Crippen LogP contribution is -2.60. The van der Waals surface area contributed by atoms with Crippen LogP contribution in [0, 0.1) is 23.2 Å². The van der Waals surface area contributed by atoms with E-state index in [4.69, 9.17) is 46.1 Å². The predicted octanol–water partition coefficient (Wildman–Crippen LogP) is 13.0. The number of ether oxygens (including phenoxy) is 5. The topological polar surface area (TPSA) is 144 Å². The van der Waals surface area contributed by atoms with Gasteiger partial charge in [-0.1, -0.05) is 113 Å². The van der Waals surface area contributed by atoms with Gasteiger partial charge in [0.1, 0.15) is 12.2 Å². The van der Waals surface area contributed by atoms with Crippen molar-refractivity contribution in [2.45, 2.75) is 237 Å². The van der Waals surface area contributed by atoms with Crippen molar-refractivity contribution >= 4 is 50.4 Å². The molecule has 1 aromatic rings. The Morgan fingerprint density at radius 1 is 0.786 bits per heavy atom. The molecule has 1 aromatic carbocycles. The van der Waals surface area contributed by atoms with Crippen LogP contribution in [0.15, 0.2) is 35.2 Å². The van der Waals surface area contributed by atoms with Crippen LogP contribution in [-0.2, 0) is 60.5 Å². The molecule has 0 saturated carbocycles. The molecule has 3 aliphatic heterocycles. The van der Waals surface area contributed by atoms with Gasteiger partial charge in [-0.2, -0.15) is 0 Å². The maximum atomic E-state index is 15.5. The van der Waals surface area contributed by atoms with Gasteiger partial charge in [-0.05, 0) is 82.3 Å². The first kappa shape index (κ1) is 62.4. The van der Waals surface area contributed by atoms with Crippen LogP contribution in [0.3, 0.4) is 0 Å². The Morgan fingerprint density at radius 3 is 1.84 bits per heavy atom. The number of benzene rings is 1. The van der Waals surface area contributed by atoms with Crippen LogP contribution in [0.4, 0.5) is 0 Å². The Balaban J connectivity index is 1.88. The molecule has 3 heterocycles. The summed E-state index contributed by atoms with van der Waals surface area (Å²) in [5.74, 6) is -2.66. The van der Waals surface area contributed by atoms with Gasteiger partial charge in [0.05, 0.1) is 54.4 Å². The van der Waals surface area contributed by atoms with Gasteiger partial charge >= 0.3 is 7.82 Å². The van der Waals surface area contributed by atoms with Gasteiger partial charge in [-0.3, -0.25) is 13.6 Å². The lowest BCUT2D eigenvalue weighted by Gasteiger charge is -2.53. The Labute approximate surface area is 430 Å². The van der Waals surface area contributed by atoms with Crippen LogP contribution in [0.25, 0.3) is 0 Å². The van der Waals surface area contributed by atoms with Crippen molar-refractivity contribution in [3.8, 4) is 0 Å². The van der Waals surface area contributed by atoms with Crippen LogP contribution in [-0.4, -0.2) is 128 Å². The molecule has 3 fully saturated rings. The van der Waals surface area contributed by atoms with Crippen LogP contribution < -0.4 is 0 Å². The molecule has 0 amide bonds. The number of methoxy groups -OCH3 is 1. The summed E-state index contributed by atoms with van der Waals surface area (Å²) in [5.41, 5.74) is -1.06. The lowest BCUT2D eigenvalue weighted by molar-refractivity contribution is -0.341.